The van der Waals surface area contributed by atoms with Gasteiger partial charge in [0.25, 0.3) is 0 Å². The molecular formula is C22H26ClNO2S. The van der Waals surface area contributed by atoms with E-state index in [0.717, 1.165) is 16.2 Å². The Balaban J connectivity index is 1.98. The van der Waals surface area contributed by atoms with Crippen molar-refractivity contribution in [2.75, 3.05) is 5.75 Å². The van der Waals surface area contributed by atoms with Crippen LogP contribution in [0.1, 0.15) is 39.7 Å². The monoisotopic (exact) mass is 403 g/mol. The van der Waals surface area contributed by atoms with E-state index in [0.29, 0.717) is 29.0 Å². The topological polar surface area (TPSA) is 39.2 Å². The first-order chi connectivity index (χ1) is 12.8. The standard InChI is InChI=1S/C22H26ClNO2S/c1-15(2)14-27-19-8-9-21(20(23)12-19)26-22-10-7-18(13-24-22)6-5-16(3)11-17(4)25/h5-10,12-13,15-16H,11,14H2,1-4H3/b6-5+/t16-/m0/s1. The minimum absolute atomic E-state index is 0.194. The van der Waals surface area contributed by atoms with E-state index >= 15 is 0 Å². The van der Waals surface area contributed by atoms with Gasteiger partial charge in [0.2, 0.25) is 5.88 Å². The summed E-state index contributed by atoms with van der Waals surface area (Å²) in [6, 6.07) is 9.57. The van der Waals surface area contributed by atoms with Gasteiger partial charge in [-0.3, -0.25) is 0 Å². The highest BCUT2D eigenvalue weighted by Crippen LogP contribution is 2.33. The van der Waals surface area contributed by atoms with Gasteiger partial charge in [-0.1, -0.05) is 44.5 Å². The molecule has 0 aliphatic carbocycles. The molecule has 1 aromatic heterocycles. The zero-order chi connectivity index (χ0) is 19.8. The minimum atomic E-state index is 0.194. The molecule has 0 unspecified atom stereocenters. The number of halogens is 1. The summed E-state index contributed by atoms with van der Waals surface area (Å²) in [7, 11) is 0. The van der Waals surface area contributed by atoms with E-state index in [-0.39, 0.29) is 11.7 Å². The fraction of sp³-hybridized carbons (Fsp3) is 0.364. The summed E-state index contributed by atoms with van der Waals surface area (Å²) < 4.78 is 5.80. The number of carbonyl (C=O) groups is 1. The van der Waals surface area contributed by atoms with Crippen LogP contribution in [-0.2, 0) is 4.79 Å². The number of ketones is 1. The summed E-state index contributed by atoms with van der Waals surface area (Å²) in [6.07, 6.45) is 6.28. The fourth-order valence-electron chi connectivity index (χ4n) is 2.38. The molecule has 0 aliphatic rings. The predicted octanol–water partition coefficient (Wildman–Crippen LogP) is 6.90. The van der Waals surface area contributed by atoms with Gasteiger partial charge in [-0.2, -0.15) is 0 Å². The third-order valence-electron chi connectivity index (χ3n) is 3.69. The van der Waals surface area contributed by atoms with Crippen LogP contribution in [0, 0.1) is 11.8 Å². The van der Waals surface area contributed by atoms with Crippen LogP contribution in [0.15, 0.2) is 47.5 Å². The van der Waals surface area contributed by atoms with Crippen LogP contribution in [0.3, 0.4) is 0 Å². The number of carbonyl (C=O) groups excluding carboxylic acids is 1. The number of hydrogen-bond donors (Lipinski definition) is 0. The molecule has 1 aromatic carbocycles. The molecule has 0 fully saturated rings. The molecule has 0 saturated heterocycles. The number of Topliss-reactive ketones (excluding diaryl/α,β-unsaturated/α-hetero) is 1. The molecule has 0 N–H and O–H groups in total. The Morgan fingerprint density at radius 3 is 2.63 bits per heavy atom. The summed E-state index contributed by atoms with van der Waals surface area (Å²) in [5.74, 6) is 3.18. The molecule has 2 aromatic rings. The first-order valence-corrected chi connectivity index (χ1v) is 10.4. The molecule has 0 aliphatic heterocycles. The van der Waals surface area contributed by atoms with Gasteiger partial charge in [-0.25, -0.2) is 4.98 Å². The summed E-state index contributed by atoms with van der Waals surface area (Å²) in [5.41, 5.74) is 0.962. The van der Waals surface area contributed by atoms with Crippen molar-refractivity contribution in [1.29, 1.82) is 0 Å². The highest BCUT2D eigenvalue weighted by Gasteiger charge is 2.07. The number of rotatable bonds is 9. The number of aromatic nitrogens is 1. The van der Waals surface area contributed by atoms with Crippen LogP contribution in [0.2, 0.25) is 5.02 Å². The lowest BCUT2D eigenvalue weighted by Gasteiger charge is -2.09. The lowest BCUT2D eigenvalue weighted by atomic mass is 10.0. The number of allylic oxidation sites excluding steroid dienone is 1. The fourth-order valence-corrected chi connectivity index (χ4v) is 3.55. The second kappa shape index (κ2) is 10.5. The zero-order valence-electron chi connectivity index (χ0n) is 16.2. The molecule has 144 valence electrons. The van der Waals surface area contributed by atoms with Crippen molar-refractivity contribution in [3.63, 3.8) is 0 Å². The molecule has 3 nitrogen and oxygen atoms in total. The first kappa shape index (κ1) is 21.5. The second-order valence-electron chi connectivity index (χ2n) is 7.07. The van der Waals surface area contributed by atoms with Crippen molar-refractivity contribution in [2.45, 2.75) is 39.0 Å². The van der Waals surface area contributed by atoms with Gasteiger partial charge in [0, 0.05) is 29.3 Å². The zero-order valence-corrected chi connectivity index (χ0v) is 17.8. The van der Waals surface area contributed by atoms with Crippen LogP contribution in [0.4, 0.5) is 0 Å². The Bertz CT molecular complexity index is 787. The van der Waals surface area contributed by atoms with Crippen LogP contribution < -0.4 is 4.74 Å². The smallest absolute Gasteiger partial charge is 0.219 e. The Kier molecular flexibility index (Phi) is 8.39. The van der Waals surface area contributed by atoms with Crippen LogP contribution >= 0.6 is 23.4 Å². The number of benzene rings is 1. The molecule has 27 heavy (non-hydrogen) atoms. The molecule has 0 radical (unpaired) electrons. The van der Waals surface area contributed by atoms with Crippen molar-refractivity contribution in [2.24, 2.45) is 11.8 Å². The van der Waals surface area contributed by atoms with Gasteiger partial charge in [0.15, 0.2) is 0 Å². The summed E-state index contributed by atoms with van der Waals surface area (Å²) in [5, 5.41) is 0.576. The number of thioether (sulfide) groups is 1. The van der Waals surface area contributed by atoms with E-state index in [1.54, 1.807) is 24.9 Å². The quantitative estimate of drug-likeness (QED) is 0.426. The van der Waals surface area contributed by atoms with Gasteiger partial charge >= 0.3 is 0 Å². The minimum Gasteiger partial charge on any atom is -0.437 e. The highest BCUT2D eigenvalue weighted by molar-refractivity contribution is 7.99. The number of nitrogens with zero attached hydrogens (tertiary/aromatic N) is 1. The Morgan fingerprint density at radius 1 is 1.26 bits per heavy atom. The number of ether oxygens (including phenoxy) is 1. The molecule has 0 saturated carbocycles. The lowest BCUT2D eigenvalue weighted by Crippen LogP contribution is -1.97. The van der Waals surface area contributed by atoms with E-state index in [9.17, 15) is 4.79 Å². The SMILES string of the molecule is CC(=O)C[C@@H](C)/C=C/c1ccc(Oc2ccc(SCC(C)C)cc2Cl)nc1. The molecule has 0 bridgehead atoms. The van der Waals surface area contributed by atoms with Gasteiger partial charge in [-0.15, -0.1) is 11.8 Å². The van der Waals surface area contributed by atoms with Crippen LogP contribution in [0.25, 0.3) is 6.08 Å². The van der Waals surface area contributed by atoms with Crippen molar-refractivity contribution in [3.8, 4) is 11.6 Å². The Labute approximate surface area is 171 Å². The average molecular weight is 404 g/mol. The van der Waals surface area contributed by atoms with E-state index in [2.05, 4.69) is 18.8 Å². The van der Waals surface area contributed by atoms with E-state index < -0.39 is 0 Å². The molecular weight excluding hydrogens is 378 g/mol. The van der Waals surface area contributed by atoms with E-state index in [4.69, 9.17) is 16.3 Å². The van der Waals surface area contributed by atoms with Gasteiger partial charge in [0.05, 0.1) is 5.02 Å². The maximum Gasteiger partial charge on any atom is 0.219 e. The Hall–Kier alpha value is -1.78. The molecule has 1 atom stereocenters. The Morgan fingerprint density at radius 2 is 2.04 bits per heavy atom. The number of hydrogen-bond acceptors (Lipinski definition) is 4. The lowest BCUT2D eigenvalue weighted by molar-refractivity contribution is -0.117. The number of pyridine rings is 1. The van der Waals surface area contributed by atoms with E-state index in [1.165, 1.54) is 0 Å². The summed E-state index contributed by atoms with van der Waals surface area (Å²) in [4.78, 5) is 16.6. The summed E-state index contributed by atoms with van der Waals surface area (Å²) >= 11 is 8.13. The van der Waals surface area contributed by atoms with Gasteiger partial charge in [-0.05, 0) is 48.6 Å². The van der Waals surface area contributed by atoms with Crippen molar-refractivity contribution < 1.29 is 9.53 Å². The molecule has 2 rings (SSSR count). The van der Waals surface area contributed by atoms with Gasteiger partial charge < -0.3 is 9.53 Å². The molecule has 5 heteroatoms. The van der Waals surface area contributed by atoms with Crippen molar-refractivity contribution >= 4 is 35.2 Å². The van der Waals surface area contributed by atoms with Gasteiger partial charge in [0.1, 0.15) is 11.5 Å². The molecule has 0 spiro atoms. The predicted molar refractivity (Wildman–Crippen MR) is 115 cm³/mol. The average Bonchev–Trinajstić information content (AvgIpc) is 2.61. The van der Waals surface area contributed by atoms with E-state index in [1.807, 2.05) is 49.4 Å². The van der Waals surface area contributed by atoms with Crippen LogP contribution in [-0.4, -0.2) is 16.5 Å². The largest absolute Gasteiger partial charge is 0.437 e. The second-order valence-corrected chi connectivity index (χ2v) is 8.57. The van der Waals surface area contributed by atoms with Crippen molar-refractivity contribution in [1.82, 2.24) is 4.98 Å². The molecule has 0 amide bonds. The maximum atomic E-state index is 11.1. The highest BCUT2D eigenvalue weighted by atomic mass is 35.5. The summed E-state index contributed by atoms with van der Waals surface area (Å²) in [6.45, 7) is 8.02. The first-order valence-electron chi connectivity index (χ1n) is 9.07. The third kappa shape index (κ3) is 7.77. The molecule has 1 heterocycles. The third-order valence-corrected chi connectivity index (χ3v) is 5.40. The maximum absolute atomic E-state index is 11.1. The van der Waals surface area contributed by atoms with Crippen molar-refractivity contribution in [3.05, 3.63) is 53.2 Å². The van der Waals surface area contributed by atoms with Crippen LogP contribution in [0.5, 0.6) is 11.6 Å². The normalized spacial score (nSPS) is 12.5.